The van der Waals surface area contributed by atoms with Crippen LogP contribution >= 0.6 is 0 Å². The lowest BCUT2D eigenvalue weighted by Gasteiger charge is -2.13. The summed E-state index contributed by atoms with van der Waals surface area (Å²) in [4.78, 5) is 1.87. The highest BCUT2D eigenvalue weighted by molar-refractivity contribution is 7.90. The second-order valence-electron chi connectivity index (χ2n) is 5.03. The lowest BCUT2D eigenvalue weighted by atomic mass is 9.93. The minimum absolute atomic E-state index is 0.0312. The Morgan fingerprint density at radius 1 is 1.06 bits per heavy atom. The molecule has 1 unspecified atom stereocenters. The molecule has 1 aromatic rings. The quantitative estimate of drug-likeness (QED) is 0.678. The summed E-state index contributed by atoms with van der Waals surface area (Å²) in [7, 11) is -1.02. The molecular formula is C15H14OS. The first kappa shape index (κ1) is 10.7. The zero-order valence-corrected chi connectivity index (χ0v) is 10.8. The summed E-state index contributed by atoms with van der Waals surface area (Å²) < 4.78 is 12.4. The summed E-state index contributed by atoms with van der Waals surface area (Å²) in [6, 6.07) is 7.94. The van der Waals surface area contributed by atoms with Gasteiger partial charge in [-0.25, -0.2) is 4.21 Å². The molecule has 1 nitrogen and oxygen atoms in total. The van der Waals surface area contributed by atoms with Gasteiger partial charge in [0.2, 0.25) is 0 Å². The predicted molar refractivity (Wildman–Crippen MR) is 71.8 cm³/mol. The average molecular weight is 242 g/mol. The molecule has 0 saturated heterocycles. The topological polar surface area (TPSA) is 17.1 Å². The van der Waals surface area contributed by atoms with Gasteiger partial charge in [0.15, 0.2) is 0 Å². The Kier molecular flexibility index (Phi) is 2.23. The van der Waals surface area contributed by atoms with Gasteiger partial charge in [0, 0.05) is 5.41 Å². The van der Waals surface area contributed by atoms with Gasteiger partial charge in [0.1, 0.15) is 0 Å². The molecule has 1 aromatic carbocycles. The molecule has 2 aliphatic rings. The number of allylic oxidation sites excluding steroid dienone is 5. The number of hydrogen-bond acceptors (Lipinski definition) is 1. The van der Waals surface area contributed by atoms with Crippen molar-refractivity contribution >= 4 is 16.4 Å². The van der Waals surface area contributed by atoms with Crippen LogP contribution in [-0.4, -0.2) is 4.21 Å². The fraction of sp³-hybridized carbons (Fsp3) is 0.200. The van der Waals surface area contributed by atoms with Gasteiger partial charge in [-0.3, -0.25) is 0 Å². The fourth-order valence-electron chi connectivity index (χ4n) is 2.17. The van der Waals surface area contributed by atoms with E-state index in [1.165, 1.54) is 0 Å². The third-order valence-electron chi connectivity index (χ3n) is 3.19. The van der Waals surface area contributed by atoms with Gasteiger partial charge in [-0.15, -0.1) is 0 Å². The van der Waals surface area contributed by atoms with Crippen LogP contribution in [0, 0.1) is 5.41 Å². The molecule has 0 radical (unpaired) electrons. The van der Waals surface area contributed by atoms with Crippen molar-refractivity contribution in [3.05, 3.63) is 59.0 Å². The SMILES string of the molecule is CC1(C)C=CC2=C(C=C1)S(=O)c1ccccc12. The molecule has 0 saturated carbocycles. The first-order valence-corrected chi connectivity index (χ1v) is 6.87. The van der Waals surface area contributed by atoms with E-state index in [4.69, 9.17) is 0 Å². The molecule has 17 heavy (non-hydrogen) atoms. The highest BCUT2D eigenvalue weighted by Crippen LogP contribution is 2.40. The van der Waals surface area contributed by atoms with E-state index in [1.54, 1.807) is 0 Å². The number of fused-ring (bicyclic) bond motifs is 2. The zero-order chi connectivity index (χ0) is 12.0. The largest absolute Gasteiger partial charge is 0.249 e. The van der Waals surface area contributed by atoms with Crippen LogP contribution in [0.2, 0.25) is 0 Å². The first-order valence-electron chi connectivity index (χ1n) is 5.72. The Morgan fingerprint density at radius 3 is 2.59 bits per heavy atom. The summed E-state index contributed by atoms with van der Waals surface area (Å²) in [6.07, 6.45) is 8.42. The smallest absolute Gasteiger partial charge is 0.0862 e. The second kappa shape index (κ2) is 3.54. The van der Waals surface area contributed by atoms with Gasteiger partial charge in [-0.2, -0.15) is 0 Å². The van der Waals surface area contributed by atoms with Gasteiger partial charge in [0.05, 0.1) is 20.6 Å². The van der Waals surface area contributed by atoms with Crippen molar-refractivity contribution in [2.45, 2.75) is 18.7 Å². The van der Waals surface area contributed by atoms with E-state index in [0.717, 1.165) is 20.9 Å². The van der Waals surface area contributed by atoms with E-state index < -0.39 is 10.8 Å². The molecule has 0 aromatic heterocycles. The summed E-state index contributed by atoms with van der Waals surface area (Å²) in [5.74, 6) is 0. The number of hydrogen-bond donors (Lipinski definition) is 0. The van der Waals surface area contributed by atoms with E-state index in [1.807, 2.05) is 30.3 Å². The van der Waals surface area contributed by atoms with Gasteiger partial charge in [0.25, 0.3) is 0 Å². The Morgan fingerprint density at radius 2 is 1.76 bits per heavy atom. The molecular weight excluding hydrogens is 228 g/mol. The molecule has 3 rings (SSSR count). The molecule has 0 bridgehead atoms. The Hall–Kier alpha value is -1.41. The van der Waals surface area contributed by atoms with Crippen LogP contribution in [-0.2, 0) is 10.8 Å². The zero-order valence-electron chi connectivity index (χ0n) is 9.94. The average Bonchev–Trinajstić information content (AvgIpc) is 2.46. The predicted octanol–water partition coefficient (Wildman–Crippen LogP) is 3.67. The molecule has 0 N–H and O–H groups in total. The van der Waals surface area contributed by atoms with E-state index in [-0.39, 0.29) is 5.41 Å². The van der Waals surface area contributed by atoms with Gasteiger partial charge in [-0.1, -0.05) is 50.3 Å². The van der Waals surface area contributed by atoms with Crippen molar-refractivity contribution in [2.24, 2.45) is 5.41 Å². The van der Waals surface area contributed by atoms with Crippen molar-refractivity contribution < 1.29 is 4.21 Å². The van der Waals surface area contributed by atoms with Crippen molar-refractivity contribution in [1.82, 2.24) is 0 Å². The van der Waals surface area contributed by atoms with E-state index >= 15 is 0 Å². The van der Waals surface area contributed by atoms with Crippen LogP contribution in [0.15, 0.2) is 58.4 Å². The van der Waals surface area contributed by atoms with Crippen LogP contribution in [0.3, 0.4) is 0 Å². The van der Waals surface area contributed by atoms with Gasteiger partial charge in [-0.05, 0) is 23.3 Å². The summed E-state index contributed by atoms with van der Waals surface area (Å²) in [5.41, 5.74) is 2.25. The summed E-state index contributed by atoms with van der Waals surface area (Å²) >= 11 is 0. The van der Waals surface area contributed by atoms with E-state index in [9.17, 15) is 4.21 Å². The van der Waals surface area contributed by atoms with Gasteiger partial charge < -0.3 is 0 Å². The normalized spacial score (nSPS) is 24.5. The summed E-state index contributed by atoms with van der Waals surface area (Å²) in [5, 5.41) is 0. The minimum atomic E-state index is -1.02. The maximum absolute atomic E-state index is 12.4. The number of benzene rings is 1. The lowest BCUT2D eigenvalue weighted by molar-refractivity contribution is 0.627. The van der Waals surface area contributed by atoms with Crippen LogP contribution < -0.4 is 0 Å². The summed E-state index contributed by atoms with van der Waals surface area (Å²) in [6.45, 7) is 4.30. The van der Waals surface area contributed by atoms with Crippen LogP contribution in [0.1, 0.15) is 19.4 Å². The van der Waals surface area contributed by atoms with E-state index in [2.05, 4.69) is 32.1 Å². The molecule has 1 heterocycles. The maximum Gasteiger partial charge on any atom is 0.0862 e. The molecule has 86 valence electrons. The minimum Gasteiger partial charge on any atom is -0.249 e. The highest BCUT2D eigenvalue weighted by Gasteiger charge is 2.27. The fourth-order valence-corrected chi connectivity index (χ4v) is 3.56. The molecule has 2 heteroatoms. The molecule has 0 fully saturated rings. The first-order chi connectivity index (χ1) is 8.08. The maximum atomic E-state index is 12.4. The lowest BCUT2D eigenvalue weighted by Crippen LogP contribution is -2.01. The highest BCUT2D eigenvalue weighted by atomic mass is 32.2. The standard InChI is InChI=1S/C15H14OS/c1-15(2)9-7-12-11-5-3-4-6-13(11)17(16)14(12)8-10-15/h3-10H,1-2H3. The molecule has 1 aliphatic carbocycles. The Balaban J connectivity index is 2.22. The molecule has 1 atom stereocenters. The van der Waals surface area contributed by atoms with Crippen molar-refractivity contribution in [3.8, 4) is 0 Å². The van der Waals surface area contributed by atoms with Crippen molar-refractivity contribution in [2.75, 3.05) is 0 Å². The monoisotopic (exact) mass is 242 g/mol. The van der Waals surface area contributed by atoms with Gasteiger partial charge >= 0.3 is 0 Å². The van der Waals surface area contributed by atoms with Crippen molar-refractivity contribution in [1.29, 1.82) is 0 Å². The second-order valence-corrected chi connectivity index (χ2v) is 6.45. The Labute approximate surface area is 104 Å². The van der Waals surface area contributed by atoms with Crippen LogP contribution in [0.4, 0.5) is 0 Å². The third kappa shape index (κ3) is 1.64. The van der Waals surface area contributed by atoms with Crippen molar-refractivity contribution in [3.63, 3.8) is 0 Å². The molecule has 1 aliphatic heterocycles. The number of rotatable bonds is 0. The molecule has 0 spiro atoms. The molecule has 0 amide bonds. The van der Waals surface area contributed by atoms with E-state index in [0.29, 0.717) is 0 Å². The Bertz CT molecular complexity index is 603. The third-order valence-corrected chi connectivity index (χ3v) is 4.70. The van der Waals surface area contributed by atoms with Crippen LogP contribution in [0.5, 0.6) is 0 Å². The van der Waals surface area contributed by atoms with Crippen LogP contribution in [0.25, 0.3) is 5.57 Å².